The first-order chi connectivity index (χ1) is 10.6. The van der Waals surface area contributed by atoms with Gasteiger partial charge in [0, 0.05) is 0 Å². The van der Waals surface area contributed by atoms with Crippen LogP contribution >= 0.6 is 0 Å². The monoisotopic (exact) mass is 319 g/mol. The lowest BCUT2D eigenvalue weighted by Crippen LogP contribution is -2.39. The van der Waals surface area contributed by atoms with Crippen molar-refractivity contribution in [1.29, 1.82) is 0 Å². The summed E-state index contributed by atoms with van der Waals surface area (Å²) in [6.45, 7) is 4.53. The van der Waals surface area contributed by atoms with Gasteiger partial charge in [-0.3, -0.25) is 0 Å². The SMILES string of the molecule is CC(C)(C(O)c1ccc(C2CCCCC2)cc1)[S+]1CCCC1. The van der Waals surface area contributed by atoms with Crippen molar-refractivity contribution in [2.45, 2.75) is 75.6 Å². The molecule has 0 spiro atoms. The minimum Gasteiger partial charge on any atom is -0.383 e. The lowest BCUT2D eigenvalue weighted by molar-refractivity contribution is 0.142. The number of aliphatic hydroxyl groups is 1. The minimum atomic E-state index is -0.325. The molecule has 1 aliphatic heterocycles. The van der Waals surface area contributed by atoms with Crippen molar-refractivity contribution in [3.05, 3.63) is 35.4 Å². The first-order valence-corrected chi connectivity index (χ1v) is 10.6. The Labute approximate surface area is 138 Å². The summed E-state index contributed by atoms with van der Waals surface area (Å²) in [5.41, 5.74) is 2.60. The topological polar surface area (TPSA) is 20.2 Å². The quantitative estimate of drug-likeness (QED) is 0.778. The summed E-state index contributed by atoms with van der Waals surface area (Å²) in [6, 6.07) is 8.94. The van der Waals surface area contributed by atoms with Crippen LogP contribution < -0.4 is 0 Å². The zero-order valence-corrected chi connectivity index (χ0v) is 15.0. The molecule has 1 saturated heterocycles. The molecule has 1 aromatic carbocycles. The third-order valence-electron chi connectivity index (χ3n) is 5.76. The third-order valence-corrected chi connectivity index (χ3v) is 9.04. The van der Waals surface area contributed by atoms with Crippen LogP contribution in [-0.4, -0.2) is 21.4 Å². The van der Waals surface area contributed by atoms with Crippen LogP contribution in [0.4, 0.5) is 0 Å². The molecule has 1 nitrogen and oxygen atoms in total. The first-order valence-electron chi connectivity index (χ1n) is 9.04. The molecule has 1 aliphatic carbocycles. The summed E-state index contributed by atoms with van der Waals surface area (Å²) >= 11 is 0. The molecule has 1 N–H and O–H groups in total. The van der Waals surface area contributed by atoms with Gasteiger partial charge in [-0.05, 0) is 67.5 Å². The van der Waals surface area contributed by atoms with Crippen molar-refractivity contribution in [2.24, 2.45) is 0 Å². The maximum Gasteiger partial charge on any atom is 0.152 e. The summed E-state index contributed by atoms with van der Waals surface area (Å²) in [6.07, 6.45) is 9.22. The molecule has 1 unspecified atom stereocenters. The highest BCUT2D eigenvalue weighted by atomic mass is 32.2. The normalized spacial score (nSPS) is 22.9. The van der Waals surface area contributed by atoms with Gasteiger partial charge in [0.05, 0.1) is 0 Å². The summed E-state index contributed by atoms with van der Waals surface area (Å²) in [5, 5.41) is 10.9. The smallest absolute Gasteiger partial charge is 0.152 e. The molecule has 0 aromatic heterocycles. The van der Waals surface area contributed by atoms with E-state index in [0.717, 1.165) is 11.5 Å². The van der Waals surface area contributed by atoms with Crippen molar-refractivity contribution in [1.82, 2.24) is 0 Å². The van der Waals surface area contributed by atoms with Gasteiger partial charge >= 0.3 is 0 Å². The summed E-state index contributed by atoms with van der Waals surface area (Å²) in [5.74, 6) is 3.37. The molecule has 0 bridgehead atoms. The molecule has 0 amide bonds. The van der Waals surface area contributed by atoms with E-state index in [9.17, 15) is 5.11 Å². The molecule has 2 aliphatic rings. The largest absolute Gasteiger partial charge is 0.383 e. The van der Waals surface area contributed by atoms with Crippen molar-refractivity contribution in [3.8, 4) is 0 Å². The fourth-order valence-corrected chi connectivity index (χ4v) is 6.94. The van der Waals surface area contributed by atoms with Gasteiger partial charge in [-0.1, -0.05) is 43.5 Å². The second-order valence-electron chi connectivity index (χ2n) is 7.62. The number of hydrogen-bond acceptors (Lipinski definition) is 1. The highest BCUT2D eigenvalue weighted by Gasteiger charge is 2.46. The van der Waals surface area contributed by atoms with Crippen LogP contribution in [0.3, 0.4) is 0 Å². The van der Waals surface area contributed by atoms with E-state index in [2.05, 4.69) is 38.1 Å². The third kappa shape index (κ3) is 3.38. The summed E-state index contributed by atoms with van der Waals surface area (Å²) in [7, 11) is 0.372. The van der Waals surface area contributed by atoms with Gasteiger partial charge in [-0.2, -0.15) is 0 Å². The first kappa shape index (κ1) is 16.4. The number of benzene rings is 1. The standard InChI is InChI=1S/C20H31OS/c1-20(2,22-14-6-7-15-22)19(21)18-12-10-17(11-13-18)16-8-4-3-5-9-16/h10-13,16,19,21H,3-9,14-15H2,1-2H3/q+1. The number of aliphatic hydroxyl groups excluding tert-OH is 1. The average molecular weight is 320 g/mol. The van der Waals surface area contributed by atoms with Crippen molar-refractivity contribution < 1.29 is 5.11 Å². The van der Waals surface area contributed by atoms with Crippen molar-refractivity contribution >= 4 is 10.9 Å². The fourth-order valence-electron chi connectivity index (χ4n) is 4.13. The van der Waals surface area contributed by atoms with E-state index in [-0.39, 0.29) is 10.9 Å². The number of hydrogen-bond donors (Lipinski definition) is 1. The molecular formula is C20H31OS+. The van der Waals surface area contributed by atoms with Gasteiger partial charge in [-0.25, -0.2) is 0 Å². The van der Waals surface area contributed by atoms with Crippen LogP contribution in [0, 0.1) is 0 Å². The summed E-state index contributed by atoms with van der Waals surface area (Å²) in [4.78, 5) is 0. The van der Waals surface area contributed by atoms with E-state index in [1.165, 1.54) is 62.0 Å². The van der Waals surface area contributed by atoms with Crippen LogP contribution in [0.15, 0.2) is 24.3 Å². The predicted octanol–water partition coefficient (Wildman–Crippen LogP) is 4.96. The van der Waals surface area contributed by atoms with Crippen LogP contribution in [0.5, 0.6) is 0 Å². The fraction of sp³-hybridized carbons (Fsp3) is 0.700. The highest BCUT2D eigenvalue weighted by molar-refractivity contribution is 7.98. The zero-order chi connectivity index (χ0) is 15.6. The van der Waals surface area contributed by atoms with Crippen molar-refractivity contribution in [2.75, 3.05) is 11.5 Å². The molecule has 1 aromatic rings. The Bertz CT molecular complexity index is 467. The van der Waals surface area contributed by atoms with Crippen LogP contribution in [0.2, 0.25) is 0 Å². The maximum atomic E-state index is 10.9. The Morgan fingerprint density at radius 1 is 0.955 bits per heavy atom. The molecule has 0 radical (unpaired) electrons. The van der Waals surface area contributed by atoms with E-state index in [0.29, 0.717) is 10.9 Å². The number of rotatable bonds is 4. The van der Waals surface area contributed by atoms with E-state index in [1.54, 1.807) is 0 Å². The summed E-state index contributed by atoms with van der Waals surface area (Å²) < 4.78 is 0.0167. The van der Waals surface area contributed by atoms with Gasteiger partial charge in [0.1, 0.15) is 17.6 Å². The van der Waals surface area contributed by atoms with Gasteiger partial charge in [0.25, 0.3) is 0 Å². The Morgan fingerprint density at radius 3 is 2.14 bits per heavy atom. The van der Waals surface area contributed by atoms with Crippen LogP contribution in [-0.2, 0) is 10.9 Å². The molecule has 22 heavy (non-hydrogen) atoms. The Balaban J connectivity index is 1.71. The molecule has 1 atom stereocenters. The van der Waals surface area contributed by atoms with Gasteiger partial charge in [0.2, 0.25) is 0 Å². The Kier molecular flexibility index (Phi) is 5.19. The highest BCUT2D eigenvalue weighted by Crippen LogP contribution is 2.39. The second kappa shape index (κ2) is 6.97. The Hall–Kier alpha value is -0.470. The van der Waals surface area contributed by atoms with Crippen LogP contribution in [0.25, 0.3) is 0 Å². The molecule has 2 heteroatoms. The van der Waals surface area contributed by atoms with E-state index in [1.807, 2.05) is 0 Å². The average Bonchev–Trinajstić information content (AvgIpc) is 3.10. The van der Waals surface area contributed by atoms with E-state index in [4.69, 9.17) is 0 Å². The van der Waals surface area contributed by atoms with Crippen LogP contribution in [0.1, 0.15) is 81.9 Å². The zero-order valence-electron chi connectivity index (χ0n) is 14.2. The molecule has 2 fully saturated rings. The van der Waals surface area contributed by atoms with Gasteiger partial charge in [-0.15, -0.1) is 0 Å². The van der Waals surface area contributed by atoms with E-state index < -0.39 is 0 Å². The second-order valence-corrected chi connectivity index (χ2v) is 10.5. The molecule has 1 heterocycles. The molecular weight excluding hydrogens is 288 g/mol. The lowest BCUT2D eigenvalue weighted by Gasteiger charge is -2.29. The van der Waals surface area contributed by atoms with Gasteiger partial charge < -0.3 is 5.11 Å². The lowest BCUT2D eigenvalue weighted by atomic mass is 9.83. The van der Waals surface area contributed by atoms with Gasteiger partial charge in [0.15, 0.2) is 4.75 Å². The maximum absolute atomic E-state index is 10.9. The minimum absolute atomic E-state index is 0.0167. The molecule has 1 saturated carbocycles. The van der Waals surface area contributed by atoms with E-state index >= 15 is 0 Å². The molecule has 122 valence electrons. The Morgan fingerprint density at radius 2 is 1.55 bits per heavy atom. The van der Waals surface area contributed by atoms with Crippen molar-refractivity contribution in [3.63, 3.8) is 0 Å². The predicted molar refractivity (Wildman–Crippen MR) is 97.6 cm³/mol. The molecule has 3 rings (SSSR count).